The lowest BCUT2D eigenvalue weighted by Crippen LogP contribution is -2.51. The Morgan fingerprint density at radius 3 is 2.48 bits per heavy atom. The topological polar surface area (TPSA) is 79.0 Å². The number of hydrogen-bond acceptors (Lipinski definition) is 4. The van der Waals surface area contributed by atoms with E-state index in [2.05, 4.69) is 5.10 Å². The van der Waals surface area contributed by atoms with Gasteiger partial charge in [-0.15, -0.1) is 0 Å². The Morgan fingerprint density at radius 2 is 1.74 bits per heavy atom. The summed E-state index contributed by atoms with van der Waals surface area (Å²) in [7, 11) is 0. The van der Waals surface area contributed by atoms with Crippen molar-refractivity contribution in [1.29, 1.82) is 0 Å². The van der Waals surface area contributed by atoms with Crippen molar-refractivity contribution in [1.82, 2.24) is 9.91 Å². The maximum atomic E-state index is 12.8. The van der Waals surface area contributed by atoms with Gasteiger partial charge in [-0.1, -0.05) is 54.6 Å². The highest BCUT2D eigenvalue weighted by molar-refractivity contribution is 6.02. The number of hydrazone groups is 1. The molecule has 0 radical (unpaired) electrons. The van der Waals surface area contributed by atoms with Crippen LogP contribution in [0, 0.1) is 0 Å². The summed E-state index contributed by atoms with van der Waals surface area (Å²) in [5.41, 5.74) is 9.82. The zero-order valence-corrected chi connectivity index (χ0v) is 15.0. The monoisotopic (exact) mass is 362 g/mol. The first kappa shape index (κ1) is 17.4. The minimum Gasteiger partial charge on any atom is -0.368 e. The van der Waals surface area contributed by atoms with Crippen LogP contribution in [0.15, 0.2) is 59.7 Å². The zero-order chi connectivity index (χ0) is 18.8. The van der Waals surface area contributed by atoms with E-state index in [-0.39, 0.29) is 12.5 Å². The van der Waals surface area contributed by atoms with Gasteiger partial charge in [-0.3, -0.25) is 14.5 Å². The summed E-state index contributed by atoms with van der Waals surface area (Å²) in [6.45, 7) is 1.24. The third-order valence-electron chi connectivity index (χ3n) is 5.21. The summed E-state index contributed by atoms with van der Waals surface area (Å²) in [5, 5.41) is 6.01. The van der Waals surface area contributed by atoms with E-state index < -0.39 is 11.9 Å². The van der Waals surface area contributed by atoms with Gasteiger partial charge in [-0.05, 0) is 23.1 Å². The predicted molar refractivity (Wildman–Crippen MR) is 103 cm³/mol. The number of carbonyl (C=O) groups is 2. The van der Waals surface area contributed by atoms with Crippen molar-refractivity contribution >= 4 is 17.5 Å². The second-order valence-corrected chi connectivity index (χ2v) is 6.98. The number of benzene rings is 2. The highest BCUT2D eigenvalue weighted by Gasteiger charge is 2.33. The summed E-state index contributed by atoms with van der Waals surface area (Å²) in [5.74, 6) is -0.501. The maximum absolute atomic E-state index is 12.8. The molecule has 0 aromatic heterocycles. The Balaban J connectivity index is 1.49. The molecule has 0 bridgehead atoms. The highest BCUT2D eigenvalue weighted by Crippen LogP contribution is 2.23. The van der Waals surface area contributed by atoms with Gasteiger partial charge >= 0.3 is 0 Å². The van der Waals surface area contributed by atoms with Gasteiger partial charge in [0.1, 0.15) is 0 Å². The van der Waals surface area contributed by atoms with Gasteiger partial charge in [-0.2, -0.15) is 5.10 Å². The molecule has 2 amide bonds. The summed E-state index contributed by atoms with van der Waals surface area (Å²) >= 11 is 0. The van der Waals surface area contributed by atoms with E-state index in [4.69, 9.17) is 5.73 Å². The highest BCUT2D eigenvalue weighted by atomic mass is 16.2. The number of carbonyl (C=O) groups excluding carboxylic acids is 2. The third kappa shape index (κ3) is 3.61. The molecule has 0 saturated carbocycles. The lowest BCUT2D eigenvalue weighted by molar-refractivity contribution is -0.134. The van der Waals surface area contributed by atoms with Crippen molar-refractivity contribution < 1.29 is 9.59 Å². The van der Waals surface area contributed by atoms with Crippen LogP contribution >= 0.6 is 0 Å². The number of primary amides is 1. The molecule has 4 rings (SSSR count). The van der Waals surface area contributed by atoms with Crippen molar-refractivity contribution in [3.05, 3.63) is 71.3 Å². The van der Waals surface area contributed by atoms with E-state index in [9.17, 15) is 9.59 Å². The van der Waals surface area contributed by atoms with E-state index >= 15 is 0 Å². The Morgan fingerprint density at radius 1 is 1.04 bits per heavy atom. The van der Waals surface area contributed by atoms with Crippen LogP contribution < -0.4 is 5.73 Å². The second-order valence-electron chi connectivity index (χ2n) is 6.98. The van der Waals surface area contributed by atoms with Crippen LogP contribution in [0.4, 0.5) is 0 Å². The van der Waals surface area contributed by atoms with Crippen LogP contribution in [0.2, 0.25) is 0 Å². The fourth-order valence-corrected chi connectivity index (χ4v) is 3.75. The van der Waals surface area contributed by atoms with Gasteiger partial charge < -0.3 is 5.73 Å². The molecule has 138 valence electrons. The van der Waals surface area contributed by atoms with Gasteiger partial charge in [-0.25, -0.2) is 5.01 Å². The van der Waals surface area contributed by atoms with Crippen molar-refractivity contribution in [3.63, 3.8) is 0 Å². The van der Waals surface area contributed by atoms with Gasteiger partial charge in [0.05, 0.1) is 24.8 Å². The second kappa shape index (κ2) is 7.32. The first-order chi connectivity index (χ1) is 13.1. The fourth-order valence-electron chi connectivity index (χ4n) is 3.75. The quantitative estimate of drug-likeness (QED) is 0.896. The average Bonchev–Trinajstić information content (AvgIpc) is 3.18. The number of rotatable bonds is 4. The summed E-state index contributed by atoms with van der Waals surface area (Å²) in [6.07, 6.45) is 1.27. The van der Waals surface area contributed by atoms with Gasteiger partial charge in [0.25, 0.3) is 5.91 Å². The predicted octanol–water partition coefficient (Wildman–Crippen LogP) is 1.54. The van der Waals surface area contributed by atoms with Gasteiger partial charge in [0.15, 0.2) is 0 Å². The molecule has 0 saturated heterocycles. The number of amides is 2. The van der Waals surface area contributed by atoms with E-state index in [1.165, 1.54) is 5.01 Å². The van der Waals surface area contributed by atoms with Crippen molar-refractivity contribution in [2.75, 3.05) is 13.1 Å². The molecular weight excluding hydrogens is 340 g/mol. The lowest BCUT2D eigenvalue weighted by atomic mass is 9.93. The Hall–Kier alpha value is -2.99. The lowest BCUT2D eigenvalue weighted by Gasteiger charge is -2.34. The Kier molecular flexibility index (Phi) is 4.73. The SMILES string of the molecule is NC(=O)C1Cc2ccccc2CN1CC(=O)N1CCC(c2ccccc2)=N1. The summed E-state index contributed by atoms with van der Waals surface area (Å²) < 4.78 is 0. The van der Waals surface area contributed by atoms with E-state index in [0.717, 1.165) is 28.8 Å². The molecule has 0 aliphatic carbocycles. The van der Waals surface area contributed by atoms with E-state index in [1.54, 1.807) is 0 Å². The van der Waals surface area contributed by atoms with Gasteiger partial charge in [0.2, 0.25) is 5.91 Å². The van der Waals surface area contributed by atoms with E-state index in [1.807, 2.05) is 59.5 Å². The number of nitrogens with two attached hydrogens (primary N) is 1. The molecule has 6 nitrogen and oxygen atoms in total. The maximum Gasteiger partial charge on any atom is 0.256 e. The number of nitrogens with zero attached hydrogens (tertiary/aromatic N) is 3. The van der Waals surface area contributed by atoms with Crippen LogP contribution in [0.3, 0.4) is 0 Å². The molecule has 1 atom stereocenters. The minimum atomic E-state index is -0.468. The molecule has 2 aliphatic heterocycles. The first-order valence-electron chi connectivity index (χ1n) is 9.15. The standard InChI is InChI=1S/C21H22N4O2/c22-21(27)19-12-16-8-4-5-9-17(16)13-24(19)14-20(26)25-11-10-18(23-25)15-6-2-1-3-7-15/h1-9,19H,10-14H2,(H2,22,27). The third-order valence-corrected chi connectivity index (χ3v) is 5.21. The molecule has 27 heavy (non-hydrogen) atoms. The van der Waals surface area contributed by atoms with Crippen molar-refractivity contribution in [3.8, 4) is 0 Å². The molecule has 0 fully saturated rings. The smallest absolute Gasteiger partial charge is 0.256 e. The van der Waals surface area contributed by atoms with Gasteiger partial charge in [0, 0.05) is 13.0 Å². The van der Waals surface area contributed by atoms with Crippen LogP contribution in [0.1, 0.15) is 23.1 Å². The molecule has 1 unspecified atom stereocenters. The van der Waals surface area contributed by atoms with Crippen LogP contribution in [-0.4, -0.2) is 46.6 Å². The van der Waals surface area contributed by atoms with Crippen molar-refractivity contribution in [2.24, 2.45) is 10.8 Å². The molecule has 2 aromatic carbocycles. The molecule has 2 aliphatic rings. The normalized spacial score (nSPS) is 19.5. The van der Waals surface area contributed by atoms with E-state index in [0.29, 0.717) is 19.5 Å². The zero-order valence-electron chi connectivity index (χ0n) is 15.0. The molecule has 6 heteroatoms. The Labute approximate surface area is 158 Å². The van der Waals surface area contributed by atoms with Crippen LogP contribution in [0.25, 0.3) is 0 Å². The summed E-state index contributed by atoms with van der Waals surface area (Å²) in [4.78, 5) is 26.6. The molecule has 2 aromatic rings. The number of hydrogen-bond donors (Lipinski definition) is 1. The molecule has 0 spiro atoms. The van der Waals surface area contributed by atoms with Crippen molar-refractivity contribution in [2.45, 2.75) is 25.4 Å². The largest absolute Gasteiger partial charge is 0.368 e. The average molecular weight is 362 g/mol. The van der Waals surface area contributed by atoms with Crippen LogP contribution in [-0.2, 0) is 22.6 Å². The summed E-state index contributed by atoms with van der Waals surface area (Å²) in [6, 6.07) is 17.4. The first-order valence-corrected chi connectivity index (χ1v) is 9.15. The molecular formula is C21H22N4O2. The Bertz CT molecular complexity index is 894. The molecule has 2 N–H and O–H groups in total. The van der Waals surface area contributed by atoms with Crippen LogP contribution in [0.5, 0.6) is 0 Å². The minimum absolute atomic E-state index is 0.105. The fraction of sp³-hybridized carbons (Fsp3) is 0.286. The molecule has 2 heterocycles. The number of fused-ring (bicyclic) bond motifs is 1.